The molecule has 1 rings (SSSR count). The summed E-state index contributed by atoms with van der Waals surface area (Å²) in [6.45, 7) is 8.55. The van der Waals surface area contributed by atoms with E-state index in [0.29, 0.717) is 0 Å². The quantitative estimate of drug-likeness (QED) is 0.792. The first-order valence-corrected chi connectivity index (χ1v) is 5.48. The summed E-state index contributed by atoms with van der Waals surface area (Å²) in [7, 11) is 0. The standard InChI is InChI=1S/C10H18N2S/c1-7(11)5-9-12-8(6-13-9)10(2,3)4/h6-7H,5,11H2,1-4H3. The van der Waals surface area contributed by atoms with E-state index in [-0.39, 0.29) is 11.5 Å². The minimum absolute atomic E-state index is 0.159. The Morgan fingerprint density at radius 1 is 1.54 bits per heavy atom. The van der Waals surface area contributed by atoms with Gasteiger partial charge >= 0.3 is 0 Å². The topological polar surface area (TPSA) is 38.9 Å². The van der Waals surface area contributed by atoms with Crippen LogP contribution in [0.4, 0.5) is 0 Å². The molecule has 0 aliphatic rings. The fourth-order valence-corrected chi connectivity index (χ4v) is 2.19. The van der Waals surface area contributed by atoms with E-state index in [9.17, 15) is 0 Å². The second-order valence-electron chi connectivity index (χ2n) is 4.56. The van der Waals surface area contributed by atoms with Gasteiger partial charge in [0.05, 0.1) is 10.7 Å². The van der Waals surface area contributed by atoms with Crippen molar-refractivity contribution in [3.8, 4) is 0 Å². The summed E-state index contributed by atoms with van der Waals surface area (Å²) in [5, 5.41) is 3.29. The minimum Gasteiger partial charge on any atom is -0.328 e. The van der Waals surface area contributed by atoms with Crippen molar-refractivity contribution in [3.63, 3.8) is 0 Å². The Hall–Kier alpha value is -0.410. The summed E-state index contributed by atoms with van der Waals surface area (Å²) in [5.74, 6) is 0. The van der Waals surface area contributed by atoms with E-state index < -0.39 is 0 Å². The van der Waals surface area contributed by atoms with Crippen molar-refractivity contribution in [3.05, 3.63) is 16.1 Å². The zero-order valence-electron chi connectivity index (χ0n) is 8.79. The van der Waals surface area contributed by atoms with Crippen molar-refractivity contribution in [2.45, 2.75) is 45.6 Å². The third-order valence-corrected chi connectivity index (χ3v) is 2.69. The molecule has 0 radical (unpaired) electrons. The molecule has 0 fully saturated rings. The van der Waals surface area contributed by atoms with Crippen molar-refractivity contribution in [2.24, 2.45) is 5.73 Å². The molecule has 74 valence electrons. The number of nitrogens with two attached hydrogens (primary N) is 1. The lowest BCUT2D eigenvalue weighted by molar-refractivity contribution is 0.569. The van der Waals surface area contributed by atoms with Crippen molar-refractivity contribution in [2.75, 3.05) is 0 Å². The maximum Gasteiger partial charge on any atom is 0.0943 e. The number of thiazole rings is 1. The molecular weight excluding hydrogens is 180 g/mol. The fraction of sp³-hybridized carbons (Fsp3) is 0.700. The molecule has 0 saturated heterocycles. The van der Waals surface area contributed by atoms with Gasteiger partial charge in [-0.2, -0.15) is 0 Å². The van der Waals surface area contributed by atoms with Gasteiger partial charge in [0.2, 0.25) is 0 Å². The molecule has 0 amide bonds. The zero-order chi connectivity index (χ0) is 10.1. The maximum atomic E-state index is 5.71. The first-order chi connectivity index (χ1) is 5.89. The minimum atomic E-state index is 0.159. The maximum absolute atomic E-state index is 5.71. The highest BCUT2D eigenvalue weighted by atomic mass is 32.1. The first-order valence-electron chi connectivity index (χ1n) is 4.60. The smallest absolute Gasteiger partial charge is 0.0943 e. The second kappa shape index (κ2) is 3.76. The van der Waals surface area contributed by atoms with E-state index in [1.165, 1.54) is 5.69 Å². The molecule has 1 aromatic rings. The van der Waals surface area contributed by atoms with Crippen LogP contribution in [0.3, 0.4) is 0 Å². The number of nitrogens with zero attached hydrogens (tertiary/aromatic N) is 1. The average molecular weight is 198 g/mol. The number of hydrogen-bond donors (Lipinski definition) is 1. The van der Waals surface area contributed by atoms with Gasteiger partial charge in [-0.25, -0.2) is 4.98 Å². The summed E-state index contributed by atoms with van der Waals surface area (Å²) < 4.78 is 0. The Morgan fingerprint density at radius 3 is 2.54 bits per heavy atom. The Morgan fingerprint density at radius 2 is 2.15 bits per heavy atom. The van der Waals surface area contributed by atoms with Crippen LogP contribution >= 0.6 is 11.3 Å². The molecule has 1 heterocycles. The summed E-state index contributed by atoms with van der Waals surface area (Å²) in [5.41, 5.74) is 7.04. The van der Waals surface area contributed by atoms with Crippen molar-refractivity contribution >= 4 is 11.3 Å². The van der Waals surface area contributed by atoms with Crippen molar-refractivity contribution in [1.82, 2.24) is 4.98 Å². The summed E-state index contributed by atoms with van der Waals surface area (Å²) in [4.78, 5) is 4.56. The SMILES string of the molecule is CC(N)Cc1nc(C(C)(C)C)cs1. The molecule has 0 spiro atoms. The third-order valence-electron chi connectivity index (χ3n) is 1.82. The fourth-order valence-electron chi connectivity index (χ4n) is 1.02. The highest BCUT2D eigenvalue weighted by Gasteiger charge is 2.17. The molecular formula is C10H18N2S. The van der Waals surface area contributed by atoms with Crippen LogP contribution in [-0.4, -0.2) is 11.0 Å². The van der Waals surface area contributed by atoms with E-state index in [0.717, 1.165) is 11.4 Å². The van der Waals surface area contributed by atoms with E-state index >= 15 is 0 Å². The van der Waals surface area contributed by atoms with Gasteiger partial charge in [-0.3, -0.25) is 0 Å². The molecule has 3 heteroatoms. The molecule has 0 aliphatic heterocycles. The van der Waals surface area contributed by atoms with Gasteiger partial charge in [-0.05, 0) is 6.92 Å². The molecule has 2 N–H and O–H groups in total. The van der Waals surface area contributed by atoms with E-state index in [2.05, 4.69) is 31.1 Å². The van der Waals surface area contributed by atoms with Gasteiger partial charge in [0, 0.05) is 23.3 Å². The molecule has 1 atom stereocenters. The summed E-state index contributed by atoms with van der Waals surface area (Å²) in [6.07, 6.45) is 0.890. The Balaban J connectivity index is 2.75. The van der Waals surface area contributed by atoms with Gasteiger partial charge in [0.25, 0.3) is 0 Å². The van der Waals surface area contributed by atoms with E-state index in [1.54, 1.807) is 11.3 Å². The van der Waals surface area contributed by atoms with E-state index in [4.69, 9.17) is 5.73 Å². The predicted molar refractivity (Wildman–Crippen MR) is 58.2 cm³/mol. The molecule has 0 aliphatic carbocycles. The van der Waals surface area contributed by atoms with Crippen LogP contribution in [0.1, 0.15) is 38.4 Å². The number of rotatable bonds is 2. The van der Waals surface area contributed by atoms with Crippen LogP contribution in [-0.2, 0) is 11.8 Å². The molecule has 13 heavy (non-hydrogen) atoms. The molecule has 2 nitrogen and oxygen atoms in total. The van der Waals surface area contributed by atoms with Crippen LogP contribution in [0.5, 0.6) is 0 Å². The lowest BCUT2D eigenvalue weighted by Crippen LogP contribution is -2.18. The normalized spacial score (nSPS) is 14.5. The number of aromatic nitrogens is 1. The molecule has 1 unspecified atom stereocenters. The van der Waals surface area contributed by atoms with Gasteiger partial charge < -0.3 is 5.73 Å². The third kappa shape index (κ3) is 3.08. The highest BCUT2D eigenvalue weighted by molar-refractivity contribution is 7.09. The number of hydrogen-bond acceptors (Lipinski definition) is 3. The van der Waals surface area contributed by atoms with Gasteiger partial charge in [-0.1, -0.05) is 20.8 Å². The van der Waals surface area contributed by atoms with Gasteiger partial charge in [-0.15, -0.1) is 11.3 Å². The Kier molecular flexibility index (Phi) is 3.09. The summed E-state index contributed by atoms with van der Waals surface area (Å²) in [6, 6.07) is 0.207. The van der Waals surface area contributed by atoms with Crippen LogP contribution in [0, 0.1) is 0 Å². The monoisotopic (exact) mass is 198 g/mol. The van der Waals surface area contributed by atoms with Crippen LogP contribution in [0.25, 0.3) is 0 Å². The van der Waals surface area contributed by atoms with Gasteiger partial charge in [0.15, 0.2) is 0 Å². The van der Waals surface area contributed by atoms with Crippen molar-refractivity contribution in [1.29, 1.82) is 0 Å². The highest BCUT2D eigenvalue weighted by Crippen LogP contribution is 2.24. The predicted octanol–water partition coefficient (Wildman–Crippen LogP) is 2.33. The van der Waals surface area contributed by atoms with Crippen molar-refractivity contribution < 1.29 is 0 Å². The Labute approximate surface area is 84.2 Å². The molecule has 0 bridgehead atoms. The zero-order valence-corrected chi connectivity index (χ0v) is 9.61. The lowest BCUT2D eigenvalue weighted by Gasteiger charge is -2.14. The molecule has 0 saturated carbocycles. The van der Waals surface area contributed by atoms with E-state index in [1.807, 2.05) is 6.92 Å². The molecule has 0 aromatic carbocycles. The average Bonchev–Trinajstić information content (AvgIpc) is 2.32. The summed E-state index contributed by atoms with van der Waals surface area (Å²) >= 11 is 1.71. The van der Waals surface area contributed by atoms with Gasteiger partial charge in [0.1, 0.15) is 0 Å². The largest absolute Gasteiger partial charge is 0.328 e. The first kappa shape index (κ1) is 10.7. The molecule has 1 aromatic heterocycles. The lowest BCUT2D eigenvalue weighted by atomic mass is 9.93. The van der Waals surface area contributed by atoms with Crippen LogP contribution in [0.2, 0.25) is 0 Å². The van der Waals surface area contributed by atoms with Crippen LogP contribution in [0.15, 0.2) is 5.38 Å². The van der Waals surface area contributed by atoms with Crippen LogP contribution < -0.4 is 5.73 Å². The Bertz CT molecular complexity index is 271. The second-order valence-corrected chi connectivity index (χ2v) is 5.50.